The van der Waals surface area contributed by atoms with E-state index in [4.69, 9.17) is 9.47 Å². The van der Waals surface area contributed by atoms with Crippen molar-refractivity contribution in [1.82, 2.24) is 10.2 Å². The third-order valence-electron chi connectivity index (χ3n) is 4.57. The van der Waals surface area contributed by atoms with Gasteiger partial charge in [-0.25, -0.2) is 0 Å². The van der Waals surface area contributed by atoms with Gasteiger partial charge in [0, 0.05) is 31.1 Å². The Hall–Kier alpha value is -2.24. The zero-order valence-corrected chi connectivity index (χ0v) is 15.3. The van der Waals surface area contributed by atoms with E-state index in [-0.39, 0.29) is 17.9 Å². The van der Waals surface area contributed by atoms with Gasteiger partial charge in [0.05, 0.1) is 14.2 Å². The van der Waals surface area contributed by atoms with E-state index >= 15 is 0 Å². The molecule has 6 nitrogen and oxygen atoms in total. The summed E-state index contributed by atoms with van der Waals surface area (Å²) in [7, 11) is 3.11. The smallest absolute Gasteiger partial charge is 0.251 e. The summed E-state index contributed by atoms with van der Waals surface area (Å²) in [6.07, 6.45) is 4.17. The molecule has 0 aliphatic carbocycles. The molecule has 6 heteroatoms. The summed E-state index contributed by atoms with van der Waals surface area (Å²) in [5.41, 5.74) is 0.541. The van der Waals surface area contributed by atoms with Crippen LogP contribution in [0.1, 0.15) is 49.4 Å². The SMILES string of the molecule is CCCCC(=O)N1CCC(NC(=O)c2ccc(OC)c(OC)c2)CC1. The van der Waals surface area contributed by atoms with Crippen LogP contribution in [0.3, 0.4) is 0 Å². The number of carbonyl (C=O) groups is 2. The summed E-state index contributed by atoms with van der Waals surface area (Å²) in [6, 6.07) is 5.22. The number of rotatable bonds is 7. The van der Waals surface area contributed by atoms with Crippen molar-refractivity contribution >= 4 is 11.8 Å². The number of nitrogens with zero attached hydrogens (tertiary/aromatic N) is 1. The highest BCUT2D eigenvalue weighted by Crippen LogP contribution is 2.27. The third-order valence-corrected chi connectivity index (χ3v) is 4.57. The maximum Gasteiger partial charge on any atom is 0.251 e. The predicted octanol–water partition coefficient (Wildman–Crippen LogP) is 2.61. The average molecular weight is 348 g/mol. The number of unbranched alkanes of at least 4 members (excludes halogenated alkanes) is 1. The molecule has 0 unspecified atom stereocenters. The van der Waals surface area contributed by atoms with Gasteiger partial charge in [-0.1, -0.05) is 13.3 Å². The van der Waals surface area contributed by atoms with Crippen molar-refractivity contribution < 1.29 is 19.1 Å². The molecule has 0 atom stereocenters. The fourth-order valence-electron chi connectivity index (χ4n) is 3.01. The molecule has 1 aromatic rings. The van der Waals surface area contributed by atoms with Gasteiger partial charge in [-0.05, 0) is 37.5 Å². The Kier molecular flexibility index (Phi) is 7.10. The van der Waals surface area contributed by atoms with Crippen LogP contribution in [0.15, 0.2) is 18.2 Å². The molecule has 1 aliphatic heterocycles. The molecule has 25 heavy (non-hydrogen) atoms. The number of hydrogen-bond acceptors (Lipinski definition) is 4. The monoisotopic (exact) mass is 348 g/mol. The minimum atomic E-state index is -0.128. The molecule has 0 spiro atoms. The van der Waals surface area contributed by atoms with Gasteiger partial charge < -0.3 is 19.7 Å². The summed E-state index contributed by atoms with van der Waals surface area (Å²) in [5.74, 6) is 1.23. The van der Waals surface area contributed by atoms with Crippen LogP contribution in [-0.2, 0) is 4.79 Å². The summed E-state index contributed by atoms with van der Waals surface area (Å²) in [5, 5.41) is 3.05. The highest BCUT2D eigenvalue weighted by atomic mass is 16.5. The molecule has 1 saturated heterocycles. The standard InChI is InChI=1S/C19H28N2O4/c1-4-5-6-18(22)21-11-9-15(10-12-21)20-19(23)14-7-8-16(24-2)17(13-14)25-3/h7-8,13,15H,4-6,9-12H2,1-3H3,(H,20,23). The van der Waals surface area contributed by atoms with E-state index in [2.05, 4.69) is 12.2 Å². The van der Waals surface area contributed by atoms with Crippen molar-refractivity contribution in [2.24, 2.45) is 0 Å². The second kappa shape index (κ2) is 9.30. The second-order valence-corrected chi connectivity index (χ2v) is 6.30. The number of likely N-dealkylation sites (tertiary alicyclic amines) is 1. The molecule has 1 aromatic carbocycles. The van der Waals surface area contributed by atoms with E-state index < -0.39 is 0 Å². The van der Waals surface area contributed by atoms with Crippen molar-refractivity contribution in [2.45, 2.75) is 45.1 Å². The van der Waals surface area contributed by atoms with Crippen molar-refractivity contribution in [1.29, 1.82) is 0 Å². The second-order valence-electron chi connectivity index (χ2n) is 6.30. The van der Waals surface area contributed by atoms with Crippen LogP contribution in [-0.4, -0.2) is 50.1 Å². The molecule has 0 bridgehead atoms. The summed E-state index contributed by atoms with van der Waals surface area (Å²) < 4.78 is 10.4. The van der Waals surface area contributed by atoms with Crippen molar-refractivity contribution in [3.8, 4) is 11.5 Å². The van der Waals surface area contributed by atoms with Crippen LogP contribution in [0.4, 0.5) is 0 Å². The summed E-state index contributed by atoms with van der Waals surface area (Å²) >= 11 is 0. The zero-order valence-electron chi connectivity index (χ0n) is 15.3. The van der Waals surface area contributed by atoms with Gasteiger partial charge in [-0.2, -0.15) is 0 Å². The van der Waals surface area contributed by atoms with E-state index in [1.807, 2.05) is 4.90 Å². The lowest BCUT2D eigenvalue weighted by atomic mass is 10.0. The van der Waals surface area contributed by atoms with Gasteiger partial charge in [0.1, 0.15) is 0 Å². The van der Waals surface area contributed by atoms with E-state index in [0.29, 0.717) is 36.6 Å². The lowest BCUT2D eigenvalue weighted by Gasteiger charge is -2.32. The van der Waals surface area contributed by atoms with E-state index in [0.717, 1.165) is 25.7 Å². The first kappa shape index (κ1) is 19.1. The van der Waals surface area contributed by atoms with Crippen LogP contribution < -0.4 is 14.8 Å². The van der Waals surface area contributed by atoms with Crippen LogP contribution in [0.5, 0.6) is 11.5 Å². The molecule has 1 heterocycles. The minimum absolute atomic E-state index is 0.0934. The lowest BCUT2D eigenvalue weighted by molar-refractivity contribution is -0.132. The summed E-state index contributed by atoms with van der Waals surface area (Å²) in [6.45, 7) is 3.50. The molecule has 138 valence electrons. The maximum absolute atomic E-state index is 12.4. The largest absolute Gasteiger partial charge is 0.493 e. The lowest BCUT2D eigenvalue weighted by Crippen LogP contribution is -2.46. The topological polar surface area (TPSA) is 67.9 Å². The van der Waals surface area contributed by atoms with E-state index in [1.165, 1.54) is 0 Å². The van der Waals surface area contributed by atoms with Gasteiger partial charge in [-0.3, -0.25) is 9.59 Å². The summed E-state index contributed by atoms with van der Waals surface area (Å²) in [4.78, 5) is 26.4. The Balaban J connectivity index is 1.87. The molecular weight excluding hydrogens is 320 g/mol. The highest BCUT2D eigenvalue weighted by molar-refractivity contribution is 5.95. The minimum Gasteiger partial charge on any atom is -0.493 e. The predicted molar refractivity (Wildman–Crippen MR) is 96.1 cm³/mol. The maximum atomic E-state index is 12.4. The Labute approximate surface area is 149 Å². The van der Waals surface area contributed by atoms with Crippen LogP contribution in [0, 0.1) is 0 Å². The quantitative estimate of drug-likeness (QED) is 0.822. The van der Waals surface area contributed by atoms with E-state index in [1.54, 1.807) is 32.4 Å². The number of amides is 2. The molecule has 1 N–H and O–H groups in total. The molecule has 0 aromatic heterocycles. The number of hydrogen-bond donors (Lipinski definition) is 1. The Bertz CT molecular complexity index is 595. The molecule has 1 aliphatic rings. The fraction of sp³-hybridized carbons (Fsp3) is 0.579. The molecule has 2 amide bonds. The van der Waals surface area contributed by atoms with Gasteiger partial charge in [0.2, 0.25) is 5.91 Å². The molecule has 1 fully saturated rings. The highest BCUT2D eigenvalue weighted by Gasteiger charge is 2.24. The number of piperidine rings is 1. The third kappa shape index (κ3) is 5.11. The first-order valence-corrected chi connectivity index (χ1v) is 8.89. The Morgan fingerprint density at radius 3 is 2.44 bits per heavy atom. The van der Waals surface area contributed by atoms with Crippen molar-refractivity contribution in [2.75, 3.05) is 27.3 Å². The molecule has 2 rings (SSSR count). The Morgan fingerprint density at radius 2 is 1.84 bits per heavy atom. The van der Waals surface area contributed by atoms with Crippen molar-refractivity contribution in [3.63, 3.8) is 0 Å². The number of benzene rings is 1. The molecular formula is C19H28N2O4. The first-order chi connectivity index (χ1) is 12.1. The Morgan fingerprint density at radius 1 is 1.16 bits per heavy atom. The molecule has 0 saturated carbocycles. The average Bonchev–Trinajstić information content (AvgIpc) is 2.65. The van der Waals surface area contributed by atoms with Gasteiger partial charge in [0.15, 0.2) is 11.5 Å². The first-order valence-electron chi connectivity index (χ1n) is 8.89. The van der Waals surface area contributed by atoms with Crippen molar-refractivity contribution in [3.05, 3.63) is 23.8 Å². The van der Waals surface area contributed by atoms with Gasteiger partial charge >= 0.3 is 0 Å². The van der Waals surface area contributed by atoms with E-state index in [9.17, 15) is 9.59 Å². The van der Waals surface area contributed by atoms with Crippen LogP contribution >= 0.6 is 0 Å². The number of methoxy groups -OCH3 is 2. The number of nitrogens with one attached hydrogen (secondary N) is 1. The normalized spacial score (nSPS) is 14.9. The molecule has 0 radical (unpaired) electrons. The number of carbonyl (C=O) groups excluding carboxylic acids is 2. The zero-order chi connectivity index (χ0) is 18.2. The van der Waals surface area contributed by atoms with Crippen LogP contribution in [0.2, 0.25) is 0 Å². The van der Waals surface area contributed by atoms with Crippen LogP contribution in [0.25, 0.3) is 0 Å². The fourth-order valence-corrected chi connectivity index (χ4v) is 3.01. The number of ether oxygens (including phenoxy) is 2. The van der Waals surface area contributed by atoms with Gasteiger partial charge in [0.25, 0.3) is 5.91 Å². The van der Waals surface area contributed by atoms with Gasteiger partial charge in [-0.15, -0.1) is 0 Å².